The summed E-state index contributed by atoms with van der Waals surface area (Å²) in [5, 5.41) is 2.65. The molecule has 0 heterocycles. The number of esters is 1. The first-order chi connectivity index (χ1) is 12.4. The fourth-order valence-electron chi connectivity index (χ4n) is 2.15. The van der Waals surface area contributed by atoms with Crippen molar-refractivity contribution < 1.29 is 27.8 Å². The fourth-order valence-corrected chi connectivity index (χ4v) is 2.15. The van der Waals surface area contributed by atoms with Crippen molar-refractivity contribution >= 4 is 17.6 Å². The predicted molar refractivity (Wildman–Crippen MR) is 92.4 cm³/mol. The van der Waals surface area contributed by atoms with Crippen LogP contribution < -0.4 is 10.1 Å². The van der Waals surface area contributed by atoms with E-state index in [0.29, 0.717) is 5.69 Å². The molecule has 7 heteroatoms. The van der Waals surface area contributed by atoms with Crippen molar-refractivity contribution in [3.63, 3.8) is 0 Å². The molecule has 0 fully saturated rings. The highest BCUT2D eigenvalue weighted by molar-refractivity contribution is 5.97. The minimum Gasteiger partial charge on any atom is -0.449 e. The second-order valence-corrected chi connectivity index (χ2v) is 5.49. The van der Waals surface area contributed by atoms with Crippen LogP contribution in [0.3, 0.4) is 0 Å². The third-order valence-electron chi connectivity index (χ3n) is 3.58. The number of amides is 1. The van der Waals surface area contributed by atoms with Crippen molar-refractivity contribution in [1.82, 2.24) is 0 Å². The van der Waals surface area contributed by atoms with Gasteiger partial charge >= 0.3 is 12.6 Å². The lowest BCUT2D eigenvalue weighted by Crippen LogP contribution is -2.30. The van der Waals surface area contributed by atoms with Crippen molar-refractivity contribution in [2.75, 3.05) is 5.32 Å². The molecular formula is C19H19F2NO4. The van der Waals surface area contributed by atoms with Crippen LogP contribution in [0.2, 0.25) is 0 Å². The van der Waals surface area contributed by atoms with E-state index in [1.807, 2.05) is 19.1 Å². The third kappa shape index (κ3) is 5.54. The summed E-state index contributed by atoms with van der Waals surface area (Å²) in [6, 6.07) is 12.5. The number of anilines is 1. The zero-order chi connectivity index (χ0) is 19.1. The Morgan fingerprint density at radius 1 is 1.12 bits per heavy atom. The SMILES string of the molecule is CCc1ccc(NC(=O)[C@@H](C)OC(=O)c2cccc(OC(F)F)c2)cc1. The number of hydrogen-bond donors (Lipinski definition) is 1. The molecule has 0 aliphatic heterocycles. The van der Waals surface area contributed by atoms with Gasteiger partial charge in [-0.3, -0.25) is 4.79 Å². The number of halogens is 2. The predicted octanol–water partition coefficient (Wildman–Crippen LogP) is 4.03. The highest BCUT2D eigenvalue weighted by Gasteiger charge is 2.19. The van der Waals surface area contributed by atoms with E-state index in [-0.39, 0.29) is 11.3 Å². The first kappa shape index (κ1) is 19.4. The molecule has 1 amide bonds. The second kappa shape index (κ2) is 8.94. The van der Waals surface area contributed by atoms with Crippen LogP contribution in [0.25, 0.3) is 0 Å². The number of alkyl halides is 2. The van der Waals surface area contributed by atoms with Gasteiger partial charge in [0.2, 0.25) is 0 Å². The molecule has 0 aliphatic rings. The van der Waals surface area contributed by atoms with Gasteiger partial charge in [-0.15, -0.1) is 0 Å². The van der Waals surface area contributed by atoms with Gasteiger partial charge in [-0.25, -0.2) is 4.79 Å². The number of aryl methyl sites for hydroxylation is 1. The zero-order valence-corrected chi connectivity index (χ0v) is 14.4. The van der Waals surface area contributed by atoms with Crippen molar-refractivity contribution in [2.24, 2.45) is 0 Å². The molecule has 5 nitrogen and oxygen atoms in total. The molecule has 0 radical (unpaired) electrons. The molecule has 0 aromatic heterocycles. The van der Waals surface area contributed by atoms with Crippen molar-refractivity contribution in [2.45, 2.75) is 33.0 Å². The molecule has 1 atom stereocenters. The molecule has 0 saturated heterocycles. The zero-order valence-electron chi connectivity index (χ0n) is 14.4. The van der Waals surface area contributed by atoms with Gasteiger partial charge in [-0.2, -0.15) is 8.78 Å². The summed E-state index contributed by atoms with van der Waals surface area (Å²) in [5.74, 6) is -1.47. The minimum absolute atomic E-state index is 0.00935. The Bertz CT molecular complexity index is 762. The van der Waals surface area contributed by atoms with E-state index in [2.05, 4.69) is 10.1 Å². The average Bonchev–Trinajstić information content (AvgIpc) is 2.62. The molecule has 0 spiro atoms. The Morgan fingerprint density at radius 3 is 2.42 bits per heavy atom. The topological polar surface area (TPSA) is 64.6 Å². The largest absolute Gasteiger partial charge is 0.449 e. The lowest BCUT2D eigenvalue weighted by atomic mass is 10.1. The van der Waals surface area contributed by atoms with E-state index < -0.39 is 24.6 Å². The highest BCUT2D eigenvalue weighted by atomic mass is 19.3. The maximum Gasteiger partial charge on any atom is 0.387 e. The highest BCUT2D eigenvalue weighted by Crippen LogP contribution is 2.17. The number of hydrogen-bond acceptors (Lipinski definition) is 4. The molecule has 2 rings (SSSR count). The van der Waals surface area contributed by atoms with Gasteiger partial charge in [0.25, 0.3) is 5.91 Å². The van der Waals surface area contributed by atoms with Crippen LogP contribution in [0.5, 0.6) is 5.75 Å². The number of nitrogens with one attached hydrogen (secondary N) is 1. The summed E-state index contributed by atoms with van der Waals surface area (Å²) >= 11 is 0. The van der Waals surface area contributed by atoms with Gasteiger partial charge in [0.1, 0.15) is 5.75 Å². The molecule has 2 aromatic carbocycles. The summed E-state index contributed by atoms with van der Waals surface area (Å²) in [6.45, 7) is 0.453. The minimum atomic E-state index is -3.00. The summed E-state index contributed by atoms with van der Waals surface area (Å²) in [5.41, 5.74) is 1.73. The van der Waals surface area contributed by atoms with Crippen molar-refractivity contribution in [3.8, 4) is 5.75 Å². The van der Waals surface area contributed by atoms with Crippen molar-refractivity contribution in [1.29, 1.82) is 0 Å². The molecule has 138 valence electrons. The van der Waals surface area contributed by atoms with Gasteiger partial charge in [-0.1, -0.05) is 25.1 Å². The normalized spacial score (nSPS) is 11.7. The van der Waals surface area contributed by atoms with Gasteiger partial charge in [0, 0.05) is 5.69 Å². The smallest absolute Gasteiger partial charge is 0.387 e. The monoisotopic (exact) mass is 363 g/mol. The van der Waals surface area contributed by atoms with Crippen molar-refractivity contribution in [3.05, 3.63) is 59.7 Å². The van der Waals surface area contributed by atoms with Crippen LogP contribution >= 0.6 is 0 Å². The molecule has 0 aliphatic carbocycles. The van der Waals surface area contributed by atoms with Crippen LogP contribution in [-0.4, -0.2) is 24.6 Å². The Balaban J connectivity index is 1.96. The Morgan fingerprint density at radius 2 is 1.81 bits per heavy atom. The Labute approximate surface area is 149 Å². The van der Waals surface area contributed by atoms with E-state index >= 15 is 0 Å². The van der Waals surface area contributed by atoms with Crippen LogP contribution in [0.4, 0.5) is 14.5 Å². The van der Waals surface area contributed by atoms with Crippen LogP contribution in [-0.2, 0) is 16.0 Å². The standard InChI is InChI=1S/C19H19F2NO4/c1-3-13-7-9-15(10-8-13)22-17(23)12(2)25-18(24)14-5-4-6-16(11-14)26-19(20)21/h4-12,19H,3H2,1-2H3,(H,22,23)/t12-/m1/s1. The summed E-state index contributed by atoms with van der Waals surface area (Å²) in [4.78, 5) is 24.2. The lowest BCUT2D eigenvalue weighted by Gasteiger charge is -2.14. The number of carbonyl (C=O) groups is 2. The molecule has 2 aromatic rings. The summed E-state index contributed by atoms with van der Waals surface area (Å²) < 4.78 is 33.8. The van der Waals surface area contributed by atoms with Crippen LogP contribution in [0, 0.1) is 0 Å². The van der Waals surface area contributed by atoms with E-state index in [1.165, 1.54) is 25.1 Å². The van der Waals surface area contributed by atoms with Gasteiger partial charge in [0.05, 0.1) is 5.56 Å². The molecule has 0 bridgehead atoms. The molecule has 26 heavy (non-hydrogen) atoms. The number of rotatable bonds is 7. The van der Waals surface area contributed by atoms with E-state index in [9.17, 15) is 18.4 Å². The maximum atomic E-state index is 12.2. The van der Waals surface area contributed by atoms with Gasteiger partial charge < -0.3 is 14.8 Å². The molecular weight excluding hydrogens is 344 g/mol. The van der Waals surface area contributed by atoms with Crippen LogP contribution in [0.1, 0.15) is 29.8 Å². The van der Waals surface area contributed by atoms with E-state index in [4.69, 9.17) is 4.74 Å². The van der Waals surface area contributed by atoms with Crippen LogP contribution in [0.15, 0.2) is 48.5 Å². The first-order valence-electron chi connectivity index (χ1n) is 8.04. The number of ether oxygens (including phenoxy) is 2. The summed E-state index contributed by atoms with van der Waals surface area (Å²) in [7, 11) is 0. The Hall–Kier alpha value is -2.96. The van der Waals surface area contributed by atoms with E-state index in [0.717, 1.165) is 18.1 Å². The first-order valence-corrected chi connectivity index (χ1v) is 8.04. The van der Waals surface area contributed by atoms with Gasteiger partial charge in [0.15, 0.2) is 6.10 Å². The van der Waals surface area contributed by atoms with E-state index in [1.54, 1.807) is 12.1 Å². The second-order valence-electron chi connectivity index (χ2n) is 5.49. The maximum absolute atomic E-state index is 12.2. The Kier molecular flexibility index (Phi) is 6.66. The number of benzene rings is 2. The molecule has 0 unspecified atom stereocenters. The third-order valence-corrected chi connectivity index (χ3v) is 3.58. The quantitative estimate of drug-likeness (QED) is 0.754. The molecule has 0 saturated carbocycles. The summed E-state index contributed by atoms with van der Waals surface area (Å²) in [6.07, 6.45) is -0.177. The molecule has 1 N–H and O–H groups in total. The average molecular weight is 363 g/mol. The lowest BCUT2D eigenvalue weighted by molar-refractivity contribution is -0.123. The van der Waals surface area contributed by atoms with Gasteiger partial charge in [-0.05, 0) is 49.2 Å². The number of carbonyl (C=O) groups excluding carboxylic acids is 2. The fraction of sp³-hybridized carbons (Fsp3) is 0.263.